The highest BCUT2D eigenvalue weighted by atomic mass is 32.2. The molecule has 0 atom stereocenters. The third kappa shape index (κ3) is 4.86. The predicted octanol–water partition coefficient (Wildman–Crippen LogP) is 5.79. The molecule has 2 aromatic carbocycles. The van der Waals surface area contributed by atoms with Gasteiger partial charge in [-0.2, -0.15) is 0 Å². The lowest BCUT2D eigenvalue weighted by molar-refractivity contribution is -0.122. The van der Waals surface area contributed by atoms with Gasteiger partial charge < -0.3 is 4.90 Å². The van der Waals surface area contributed by atoms with Gasteiger partial charge in [-0.25, -0.2) is 4.99 Å². The van der Waals surface area contributed by atoms with E-state index in [0.717, 1.165) is 29.9 Å². The second kappa shape index (κ2) is 9.63. The Bertz CT molecular complexity index is 1200. The van der Waals surface area contributed by atoms with Crippen molar-refractivity contribution in [3.05, 3.63) is 94.7 Å². The molecule has 2 saturated heterocycles. The molecule has 5 rings (SSSR count). The van der Waals surface area contributed by atoms with E-state index in [0.29, 0.717) is 16.6 Å². The number of amidine groups is 1. The number of hydrogen-bond acceptors (Lipinski definition) is 5. The van der Waals surface area contributed by atoms with Crippen LogP contribution in [0.5, 0.6) is 0 Å². The summed E-state index contributed by atoms with van der Waals surface area (Å²) in [5.74, 6) is -0.0263. The SMILES string of the molecule is Cc1cc(N2CCCC2)ccc1/C=C1\SC(=Nc2ccccc2)N(Cc2cccnc2)C1=O. The zero-order chi connectivity index (χ0) is 22.6. The van der Waals surface area contributed by atoms with Crippen LogP contribution in [-0.4, -0.2) is 34.0 Å². The molecule has 33 heavy (non-hydrogen) atoms. The van der Waals surface area contributed by atoms with Crippen molar-refractivity contribution in [3.63, 3.8) is 0 Å². The van der Waals surface area contributed by atoms with Gasteiger partial charge in [-0.15, -0.1) is 0 Å². The Morgan fingerprint density at radius 3 is 2.61 bits per heavy atom. The summed E-state index contributed by atoms with van der Waals surface area (Å²) in [6.07, 6.45) is 8.04. The van der Waals surface area contributed by atoms with Crippen LogP contribution in [-0.2, 0) is 11.3 Å². The van der Waals surface area contributed by atoms with E-state index in [4.69, 9.17) is 4.99 Å². The summed E-state index contributed by atoms with van der Waals surface area (Å²) in [6, 6.07) is 20.2. The maximum Gasteiger partial charge on any atom is 0.267 e. The van der Waals surface area contributed by atoms with Crippen LogP contribution in [0.25, 0.3) is 6.08 Å². The summed E-state index contributed by atoms with van der Waals surface area (Å²) in [5.41, 5.74) is 5.31. The van der Waals surface area contributed by atoms with Gasteiger partial charge in [0.05, 0.1) is 17.1 Å². The highest BCUT2D eigenvalue weighted by Gasteiger charge is 2.33. The van der Waals surface area contributed by atoms with Gasteiger partial charge in [-0.3, -0.25) is 14.7 Å². The highest BCUT2D eigenvalue weighted by molar-refractivity contribution is 8.18. The molecule has 6 heteroatoms. The van der Waals surface area contributed by atoms with Gasteiger partial charge in [0, 0.05) is 31.2 Å². The minimum Gasteiger partial charge on any atom is -0.372 e. The molecule has 1 aromatic heterocycles. The topological polar surface area (TPSA) is 48.8 Å². The van der Waals surface area contributed by atoms with Gasteiger partial charge in [-0.05, 0) is 84.6 Å². The molecule has 0 spiro atoms. The zero-order valence-electron chi connectivity index (χ0n) is 18.6. The third-order valence-electron chi connectivity index (χ3n) is 5.94. The summed E-state index contributed by atoms with van der Waals surface area (Å²) in [6.45, 7) is 4.80. The molecule has 3 heterocycles. The predicted molar refractivity (Wildman–Crippen MR) is 137 cm³/mol. The van der Waals surface area contributed by atoms with Crippen molar-refractivity contribution in [2.75, 3.05) is 18.0 Å². The number of anilines is 1. The summed E-state index contributed by atoms with van der Waals surface area (Å²) in [4.78, 5) is 27.3. The Balaban J connectivity index is 1.46. The van der Waals surface area contributed by atoms with Crippen LogP contribution in [0, 0.1) is 6.92 Å². The smallest absolute Gasteiger partial charge is 0.267 e. The molecule has 5 nitrogen and oxygen atoms in total. The number of para-hydroxylation sites is 1. The highest BCUT2D eigenvalue weighted by Crippen LogP contribution is 2.36. The van der Waals surface area contributed by atoms with E-state index in [1.54, 1.807) is 17.3 Å². The lowest BCUT2D eigenvalue weighted by atomic mass is 10.1. The minimum absolute atomic E-state index is 0.0263. The Morgan fingerprint density at radius 1 is 1.06 bits per heavy atom. The lowest BCUT2D eigenvalue weighted by Crippen LogP contribution is -2.28. The third-order valence-corrected chi connectivity index (χ3v) is 6.95. The first-order chi connectivity index (χ1) is 16.2. The van der Waals surface area contributed by atoms with Crippen molar-refractivity contribution < 1.29 is 4.79 Å². The van der Waals surface area contributed by atoms with Crippen LogP contribution in [0.15, 0.2) is 83.0 Å². The number of pyridine rings is 1. The fourth-order valence-corrected chi connectivity index (χ4v) is 5.14. The van der Waals surface area contributed by atoms with Crippen molar-refractivity contribution >= 4 is 40.3 Å². The second-order valence-corrected chi connectivity index (χ2v) is 9.34. The Kier molecular flexibility index (Phi) is 6.26. The normalized spacial score (nSPS) is 18.6. The number of carbonyl (C=O) groups is 1. The average Bonchev–Trinajstić information content (AvgIpc) is 3.47. The molecule has 166 valence electrons. The maximum atomic E-state index is 13.4. The molecule has 0 aliphatic carbocycles. The molecule has 2 aliphatic heterocycles. The van der Waals surface area contributed by atoms with Crippen molar-refractivity contribution in [2.24, 2.45) is 4.99 Å². The van der Waals surface area contributed by atoms with Crippen molar-refractivity contribution in [2.45, 2.75) is 26.3 Å². The van der Waals surface area contributed by atoms with Gasteiger partial charge in [0.25, 0.3) is 5.91 Å². The number of hydrogen-bond donors (Lipinski definition) is 0. The number of aliphatic imine (C=N–C) groups is 1. The number of amides is 1. The van der Waals surface area contributed by atoms with Crippen LogP contribution >= 0.6 is 11.8 Å². The Hall–Kier alpha value is -3.38. The number of carbonyl (C=O) groups excluding carboxylic acids is 1. The molecule has 2 aliphatic rings. The van der Waals surface area contributed by atoms with E-state index in [1.165, 1.54) is 35.9 Å². The summed E-state index contributed by atoms with van der Waals surface area (Å²) in [5, 5.41) is 0.688. The molecular weight excluding hydrogens is 428 g/mol. The molecule has 0 saturated carbocycles. The first-order valence-electron chi connectivity index (χ1n) is 11.3. The summed E-state index contributed by atoms with van der Waals surface area (Å²) < 4.78 is 0. The molecule has 0 N–H and O–H groups in total. The van der Waals surface area contributed by atoms with Crippen molar-refractivity contribution in [1.29, 1.82) is 0 Å². The van der Waals surface area contributed by atoms with Gasteiger partial charge in [0.1, 0.15) is 0 Å². The number of rotatable bonds is 5. The van der Waals surface area contributed by atoms with Crippen molar-refractivity contribution in [3.8, 4) is 0 Å². The van der Waals surface area contributed by atoms with E-state index >= 15 is 0 Å². The number of nitrogens with zero attached hydrogens (tertiary/aromatic N) is 4. The quantitative estimate of drug-likeness (QED) is 0.458. The monoisotopic (exact) mass is 454 g/mol. The number of thioether (sulfide) groups is 1. The van der Waals surface area contributed by atoms with Gasteiger partial charge in [0.2, 0.25) is 0 Å². The Labute approximate surface area is 198 Å². The van der Waals surface area contributed by atoms with E-state index in [9.17, 15) is 4.79 Å². The fourth-order valence-electron chi connectivity index (χ4n) is 4.15. The molecule has 3 aromatic rings. The second-order valence-electron chi connectivity index (χ2n) is 8.33. The minimum atomic E-state index is -0.0263. The molecule has 0 bridgehead atoms. The summed E-state index contributed by atoms with van der Waals surface area (Å²) >= 11 is 1.43. The van der Waals surface area contributed by atoms with Gasteiger partial charge in [0.15, 0.2) is 5.17 Å². The first kappa shape index (κ1) is 21.5. The zero-order valence-corrected chi connectivity index (χ0v) is 19.5. The summed E-state index contributed by atoms with van der Waals surface area (Å²) in [7, 11) is 0. The number of aromatic nitrogens is 1. The molecule has 2 fully saturated rings. The molecular formula is C27H26N4OS. The largest absolute Gasteiger partial charge is 0.372 e. The standard InChI is InChI=1S/C27H26N4OS/c1-20-16-24(30-14-5-6-15-30)12-11-22(20)17-25-26(32)31(19-21-8-7-13-28-18-21)27(33-25)29-23-9-3-2-4-10-23/h2-4,7-13,16-18H,5-6,14-15,19H2,1H3/b25-17-,29-27?. The number of benzene rings is 2. The van der Waals surface area contributed by atoms with Crippen LogP contribution < -0.4 is 4.90 Å². The van der Waals surface area contributed by atoms with E-state index in [1.807, 2.05) is 48.5 Å². The molecule has 0 radical (unpaired) electrons. The fraction of sp³-hybridized carbons (Fsp3) is 0.222. The average molecular weight is 455 g/mol. The Morgan fingerprint density at radius 2 is 1.88 bits per heavy atom. The first-order valence-corrected chi connectivity index (χ1v) is 12.1. The van der Waals surface area contributed by atoms with Crippen LogP contribution in [0.4, 0.5) is 11.4 Å². The van der Waals surface area contributed by atoms with Crippen LogP contribution in [0.1, 0.15) is 29.5 Å². The van der Waals surface area contributed by atoms with Gasteiger partial charge in [-0.1, -0.05) is 30.3 Å². The molecule has 1 amide bonds. The molecule has 0 unspecified atom stereocenters. The van der Waals surface area contributed by atoms with E-state index in [-0.39, 0.29) is 5.91 Å². The van der Waals surface area contributed by atoms with E-state index < -0.39 is 0 Å². The van der Waals surface area contributed by atoms with Crippen LogP contribution in [0.2, 0.25) is 0 Å². The van der Waals surface area contributed by atoms with E-state index in [2.05, 4.69) is 35.0 Å². The van der Waals surface area contributed by atoms with Crippen LogP contribution in [0.3, 0.4) is 0 Å². The maximum absolute atomic E-state index is 13.4. The lowest BCUT2D eigenvalue weighted by Gasteiger charge is -2.18. The number of aryl methyl sites for hydroxylation is 1. The van der Waals surface area contributed by atoms with Crippen molar-refractivity contribution in [1.82, 2.24) is 9.88 Å². The van der Waals surface area contributed by atoms with Gasteiger partial charge >= 0.3 is 0 Å².